The first-order valence-electron chi connectivity index (χ1n) is 7.00. The van der Waals surface area contributed by atoms with Crippen molar-refractivity contribution in [2.24, 2.45) is 5.14 Å². The minimum atomic E-state index is -3.83. The number of nitrogens with two attached hydrogens (primary N) is 1. The molecule has 2 aromatic carbocycles. The van der Waals surface area contributed by atoms with E-state index in [1.54, 1.807) is 24.3 Å². The smallest absolute Gasteiger partial charge is 0.293 e. The van der Waals surface area contributed by atoms with Crippen molar-refractivity contribution in [3.05, 3.63) is 65.7 Å². The van der Waals surface area contributed by atoms with Crippen LogP contribution < -0.4 is 10.5 Å². The van der Waals surface area contributed by atoms with Gasteiger partial charge < -0.3 is 10.1 Å². The summed E-state index contributed by atoms with van der Waals surface area (Å²) in [5.41, 5.74) is 1.58. The SMILES string of the molecule is NS(=O)(=O)c1ccc(C2=C(c3ccccc3)NC(C(F)F)O2)cc1. The zero-order valence-corrected chi connectivity index (χ0v) is 13.1. The molecule has 126 valence electrons. The molecule has 0 aromatic heterocycles. The summed E-state index contributed by atoms with van der Waals surface area (Å²) in [4.78, 5) is -0.0653. The topological polar surface area (TPSA) is 81.4 Å². The molecular formula is C16H14F2N2O3S. The first kappa shape index (κ1) is 16.4. The summed E-state index contributed by atoms with van der Waals surface area (Å²) in [5.74, 6) is 0.229. The van der Waals surface area contributed by atoms with Gasteiger partial charge in [-0.05, 0) is 24.3 Å². The Balaban J connectivity index is 2.04. The number of rotatable bonds is 4. The lowest BCUT2D eigenvalue weighted by atomic mass is 10.1. The molecule has 1 aliphatic rings. The number of benzene rings is 2. The largest absolute Gasteiger partial charge is 0.462 e. The minimum absolute atomic E-state index is 0.0653. The van der Waals surface area contributed by atoms with E-state index >= 15 is 0 Å². The molecule has 0 saturated carbocycles. The van der Waals surface area contributed by atoms with Gasteiger partial charge >= 0.3 is 0 Å². The summed E-state index contributed by atoms with van der Waals surface area (Å²) in [6, 6.07) is 14.4. The van der Waals surface area contributed by atoms with Gasteiger partial charge in [-0.3, -0.25) is 0 Å². The second kappa shape index (κ2) is 6.21. The quantitative estimate of drug-likeness (QED) is 0.885. The van der Waals surface area contributed by atoms with Gasteiger partial charge in [-0.2, -0.15) is 0 Å². The summed E-state index contributed by atoms with van der Waals surface area (Å²) < 4.78 is 54.0. The normalized spacial score (nSPS) is 17.8. The predicted molar refractivity (Wildman–Crippen MR) is 85.1 cm³/mol. The van der Waals surface area contributed by atoms with Gasteiger partial charge in [0, 0.05) is 11.1 Å². The van der Waals surface area contributed by atoms with E-state index in [1.807, 2.05) is 6.07 Å². The van der Waals surface area contributed by atoms with Crippen LogP contribution in [0.2, 0.25) is 0 Å². The number of ether oxygens (including phenoxy) is 1. The van der Waals surface area contributed by atoms with Crippen molar-refractivity contribution >= 4 is 21.5 Å². The van der Waals surface area contributed by atoms with Gasteiger partial charge in [0.05, 0.1) is 10.6 Å². The number of sulfonamides is 1. The molecule has 0 spiro atoms. The molecular weight excluding hydrogens is 338 g/mol. The minimum Gasteiger partial charge on any atom is -0.462 e. The van der Waals surface area contributed by atoms with Crippen molar-refractivity contribution in [3.63, 3.8) is 0 Å². The van der Waals surface area contributed by atoms with E-state index in [-0.39, 0.29) is 10.7 Å². The van der Waals surface area contributed by atoms with Crippen LogP contribution in [0.25, 0.3) is 11.5 Å². The van der Waals surface area contributed by atoms with Gasteiger partial charge in [-0.1, -0.05) is 30.3 Å². The summed E-state index contributed by atoms with van der Waals surface area (Å²) in [6.07, 6.45) is -4.18. The molecule has 8 heteroatoms. The number of hydrogen-bond donors (Lipinski definition) is 2. The third-order valence-electron chi connectivity index (χ3n) is 3.49. The van der Waals surface area contributed by atoms with E-state index in [4.69, 9.17) is 9.88 Å². The zero-order chi connectivity index (χ0) is 17.3. The molecule has 3 rings (SSSR count). The van der Waals surface area contributed by atoms with E-state index in [0.717, 1.165) is 0 Å². The van der Waals surface area contributed by atoms with Crippen LogP contribution in [0.3, 0.4) is 0 Å². The average Bonchev–Trinajstić information content (AvgIpc) is 3.00. The predicted octanol–water partition coefficient (Wildman–Crippen LogP) is 2.37. The van der Waals surface area contributed by atoms with Crippen LogP contribution in [-0.2, 0) is 14.8 Å². The highest BCUT2D eigenvalue weighted by Crippen LogP contribution is 2.33. The Kier molecular flexibility index (Phi) is 4.25. The van der Waals surface area contributed by atoms with Gasteiger partial charge in [-0.15, -0.1) is 0 Å². The van der Waals surface area contributed by atoms with Gasteiger partial charge in [0.1, 0.15) is 0 Å². The number of alkyl halides is 2. The van der Waals surface area contributed by atoms with Gasteiger partial charge in [0.25, 0.3) is 6.43 Å². The maximum atomic E-state index is 13.0. The molecule has 0 bridgehead atoms. The maximum absolute atomic E-state index is 13.0. The van der Waals surface area contributed by atoms with Crippen molar-refractivity contribution < 1.29 is 21.9 Å². The van der Waals surface area contributed by atoms with E-state index < -0.39 is 22.7 Å². The molecule has 3 N–H and O–H groups in total. The molecule has 2 aromatic rings. The fourth-order valence-corrected chi connectivity index (χ4v) is 2.88. The summed E-state index contributed by atoms with van der Waals surface area (Å²) in [5, 5.41) is 7.72. The Morgan fingerprint density at radius 2 is 1.62 bits per heavy atom. The lowest BCUT2D eigenvalue weighted by Gasteiger charge is -2.11. The van der Waals surface area contributed by atoms with E-state index in [0.29, 0.717) is 16.8 Å². The molecule has 1 aliphatic heterocycles. The average molecular weight is 352 g/mol. The Labute approximate surface area is 137 Å². The molecule has 0 aliphatic carbocycles. The molecule has 5 nitrogen and oxygen atoms in total. The summed E-state index contributed by atoms with van der Waals surface area (Å²) in [6.45, 7) is 0. The standard InChI is InChI=1S/C16H14F2N2O3S/c17-15(18)16-20-13(10-4-2-1-3-5-10)14(23-16)11-6-8-12(9-7-11)24(19,21)22/h1-9,15-16,20H,(H2,19,21,22). The van der Waals surface area contributed by atoms with Crippen LogP contribution in [0.15, 0.2) is 59.5 Å². The van der Waals surface area contributed by atoms with Gasteiger partial charge in [0.2, 0.25) is 16.3 Å². The van der Waals surface area contributed by atoms with Crippen LogP contribution in [-0.4, -0.2) is 21.1 Å². The van der Waals surface area contributed by atoms with Crippen LogP contribution in [0.4, 0.5) is 8.78 Å². The van der Waals surface area contributed by atoms with Crippen molar-refractivity contribution in [1.82, 2.24) is 5.32 Å². The highest BCUT2D eigenvalue weighted by atomic mass is 32.2. The van der Waals surface area contributed by atoms with E-state index in [2.05, 4.69) is 5.32 Å². The van der Waals surface area contributed by atoms with Crippen LogP contribution in [0.5, 0.6) is 0 Å². The highest BCUT2D eigenvalue weighted by Gasteiger charge is 2.33. The maximum Gasteiger partial charge on any atom is 0.293 e. The van der Waals surface area contributed by atoms with Crippen molar-refractivity contribution in [3.8, 4) is 0 Å². The molecule has 1 unspecified atom stereocenters. The molecule has 0 radical (unpaired) electrons. The van der Waals surface area contributed by atoms with Crippen molar-refractivity contribution in [2.45, 2.75) is 17.5 Å². The monoisotopic (exact) mass is 352 g/mol. The Bertz CT molecular complexity index is 866. The first-order valence-corrected chi connectivity index (χ1v) is 8.55. The van der Waals surface area contributed by atoms with Crippen molar-refractivity contribution in [1.29, 1.82) is 0 Å². The lowest BCUT2D eigenvalue weighted by Crippen LogP contribution is -2.30. The Morgan fingerprint density at radius 1 is 1.00 bits per heavy atom. The number of halogens is 2. The third kappa shape index (κ3) is 3.24. The molecule has 0 saturated heterocycles. The van der Waals surface area contributed by atoms with Crippen LogP contribution in [0.1, 0.15) is 11.1 Å². The van der Waals surface area contributed by atoms with Crippen LogP contribution >= 0.6 is 0 Å². The molecule has 0 fully saturated rings. The van der Waals surface area contributed by atoms with E-state index in [9.17, 15) is 17.2 Å². The number of primary sulfonamides is 1. The summed E-state index contributed by atoms with van der Waals surface area (Å²) >= 11 is 0. The third-order valence-corrected chi connectivity index (χ3v) is 4.42. The van der Waals surface area contributed by atoms with Gasteiger partial charge in [-0.25, -0.2) is 22.3 Å². The fourth-order valence-electron chi connectivity index (χ4n) is 2.37. The lowest BCUT2D eigenvalue weighted by molar-refractivity contribution is -0.00380. The first-order chi connectivity index (χ1) is 11.4. The number of hydrogen-bond acceptors (Lipinski definition) is 4. The Morgan fingerprint density at radius 3 is 2.17 bits per heavy atom. The molecule has 0 amide bonds. The van der Waals surface area contributed by atoms with Crippen molar-refractivity contribution in [2.75, 3.05) is 0 Å². The second-order valence-electron chi connectivity index (χ2n) is 5.16. The highest BCUT2D eigenvalue weighted by molar-refractivity contribution is 7.89. The van der Waals surface area contributed by atoms with Crippen LogP contribution in [0, 0.1) is 0 Å². The second-order valence-corrected chi connectivity index (χ2v) is 6.72. The van der Waals surface area contributed by atoms with E-state index in [1.165, 1.54) is 24.3 Å². The fraction of sp³-hybridized carbons (Fsp3) is 0.125. The number of nitrogens with one attached hydrogen (secondary N) is 1. The molecule has 1 atom stereocenters. The zero-order valence-electron chi connectivity index (χ0n) is 12.3. The van der Waals surface area contributed by atoms with Gasteiger partial charge in [0.15, 0.2) is 5.76 Å². The molecule has 24 heavy (non-hydrogen) atoms. The Hall–Kier alpha value is -2.45. The summed E-state index contributed by atoms with van der Waals surface area (Å²) in [7, 11) is -3.83. The molecule has 1 heterocycles.